The third-order valence-corrected chi connectivity index (χ3v) is 4.53. The number of anilines is 1. The van der Waals surface area contributed by atoms with Crippen molar-refractivity contribution in [3.8, 4) is 0 Å². The molecule has 1 saturated heterocycles. The van der Waals surface area contributed by atoms with Crippen molar-refractivity contribution in [1.82, 2.24) is 15.1 Å². The smallest absolute Gasteiger partial charge is 0.242 e. The maximum atomic E-state index is 12.3. The maximum Gasteiger partial charge on any atom is 0.242 e. The lowest BCUT2D eigenvalue weighted by Gasteiger charge is -2.36. The number of likely N-dealkylation sites (N-methyl/N-ethyl adjacent to an activating group) is 1. The van der Waals surface area contributed by atoms with Crippen LogP contribution in [0.15, 0.2) is 29.3 Å². The summed E-state index contributed by atoms with van der Waals surface area (Å²) >= 11 is 5.92. The summed E-state index contributed by atoms with van der Waals surface area (Å²) < 4.78 is 0. The molecule has 1 aromatic carbocycles. The Morgan fingerprint density at radius 1 is 1.17 bits per heavy atom. The Hall–Kier alpha value is -1.22. The largest absolute Gasteiger partial charge is 0.368 e. The summed E-state index contributed by atoms with van der Waals surface area (Å²) in [5.41, 5.74) is 1.15. The number of carbonyl (C=O) groups is 1. The number of amides is 1. The molecule has 132 valence electrons. The van der Waals surface area contributed by atoms with Crippen molar-refractivity contribution in [2.24, 2.45) is 4.99 Å². The van der Waals surface area contributed by atoms with Gasteiger partial charge in [0.1, 0.15) is 0 Å². The van der Waals surface area contributed by atoms with Crippen LogP contribution in [0.25, 0.3) is 0 Å². The minimum atomic E-state index is 0. The molecule has 0 aliphatic carbocycles. The summed E-state index contributed by atoms with van der Waals surface area (Å²) in [6.45, 7) is 5.19. The first-order chi connectivity index (χ1) is 11.1. The Morgan fingerprint density at radius 3 is 2.42 bits per heavy atom. The van der Waals surface area contributed by atoms with E-state index in [0.717, 1.165) is 55.9 Å². The van der Waals surface area contributed by atoms with Gasteiger partial charge >= 0.3 is 0 Å². The number of benzene rings is 1. The first kappa shape index (κ1) is 19.1. The van der Waals surface area contributed by atoms with Crippen LogP contribution in [0.4, 0.5) is 5.69 Å². The molecule has 0 unspecified atom stereocenters. The highest BCUT2D eigenvalue weighted by Crippen LogP contribution is 2.19. The molecular formula is C16H23ClIN5O. The molecule has 6 nitrogen and oxygen atoms in total. The minimum absolute atomic E-state index is 0. The van der Waals surface area contributed by atoms with Crippen molar-refractivity contribution < 1.29 is 4.79 Å². The fourth-order valence-corrected chi connectivity index (χ4v) is 2.98. The average Bonchev–Trinajstić information content (AvgIpc) is 2.99. The van der Waals surface area contributed by atoms with Crippen molar-refractivity contribution in [1.29, 1.82) is 0 Å². The fourth-order valence-electron chi connectivity index (χ4n) is 2.86. The lowest BCUT2D eigenvalue weighted by Crippen LogP contribution is -2.52. The topological polar surface area (TPSA) is 51.2 Å². The lowest BCUT2D eigenvalue weighted by atomic mass is 10.2. The lowest BCUT2D eigenvalue weighted by molar-refractivity contribution is -0.130. The summed E-state index contributed by atoms with van der Waals surface area (Å²) in [4.78, 5) is 22.9. The molecule has 1 aromatic rings. The normalized spacial score (nSPS) is 17.4. The van der Waals surface area contributed by atoms with Crippen LogP contribution in [0.3, 0.4) is 0 Å². The van der Waals surface area contributed by atoms with Gasteiger partial charge in [0.25, 0.3) is 0 Å². The van der Waals surface area contributed by atoms with Crippen molar-refractivity contribution in [2.45, 2.75) is 0 Å². The number of halogens is 2. The third-order valence-electron chi connectivity index (χ3n) is 4.28. The van der Waals surface area contributed by atoms with Crippen molar-refractivity contribution >= 4 is 53.1 Å². The van der Waals surface area contributed by atoms with E-state index in [9.17, 15) is 4.79 Å². The van der Waals surface area contributed by atoms with E-state index in [1.807, 2.05) is 41.1 Å². The zero-order valence-corrected chi connectivity index (χ0v) is 16.8. The van der Waals surface area contributed by atoms with Crippen LogP contribution in [-0.2, 0) is 4.79 Å². The SMILES string of the molecule is CN1CCN=C1NCC(=O)N1CCN(c2ccc(Cl)cc2)CC1.I. The van der Waals surface area contributed by atoms with Gasteiger partial charge in [0, 0.05) is 50.5 Å². The molecule has 0 spiro atoms. The van der Waals surface area contributed by atoms with Crippen LogP contribution in [0.1, 0.15) is 0 Å². The number of aliphatic imine (C=N–C) groups is 1. The van der Waals surface area contributed by atoms with Crippen LogP contribution < -0.4 is 10.2 Å². The van der Waals surface area contributed by atoms with Crippen LogP contribution in [-0.4, -0.2) is 74.5 Å². The van der Waals surface area contributed by atoms with E-state index in [1.165, 1.54) is 0 Å². The van der Waals surface area contributed by atoms with Crippen molar-refractivity contribution in [3.63, 3.8) is 0 Å². The van der Waals surface area contributed by atoms with Gasteiger partial charge in [-0.25, -0.2) is 0 Å². The molecule has 2 aliphatic heterocycles. The maximum absolute atomic E-state index is 12.3. The van der Waals surface area contributed by atoms with Gasteiger partial charge in [0.05, 0.1) is 13.1 Å². The highest BCUT2D eigenvalue weighted by molar-refractivity contribution is 14.0. The highest BCUT2D eigenvalue weighted by Gasteiger charge is 2.22. The summed E-state index contributed by atoms with van der Waals surface area (Å²) in [5.74, 6) is 0.946. The molecule has 0 atom stereocenters. The number of piperazine rings is 1. The van der Waals surface area contributed by atoms with E-state index < -0.39 is 0 Å². The second kappa shape index (κ2) is 8.75. The summed E-state index contributed by atoms with van der Waals surface area (Å²) in [6.07, 6.45) is 0. The molecule has 0 saturated carbocycles. The van der Waals surface area contributed by atoms with E-state index in [4.69, 9.17) is 11.6 Å². The van der Waals surface area contributed by atoms with E-state index in [-0.39, 0.29) is 29.9 Å². The fraction of sp³-hybridized carbons (Fsp3) is 0.500. The monoisotopic (exact) mass is 463 g/mol. The van der Waals surface area contributed by atoms with Gasteiger partial charge in [-0.1, -0.05) is 11.6 Å². The molecule has 24 heavy (non-hydrogen) atoms. The number of guanidine groups is 1. The number of nitrogens with one attached hydrogen (secondary N) is 1. The molecular weight excluding hydrogens is 441 g/mol. The molecule has 0 bridgehead atoms. The van der Waals surface area contributed by atoms with Crippen LogP contribution in [0, 0.1) is 0 Å². The van der Waals surface area contributed by atoms with E-state index in [2.05, 4.69) is 15.2 Å². The molecule has 0 radical (unpaired) electrons. The average molecular weight is 464 g/mol. The van der Waals surface area contributed by atoms with Crippen molar-refractivity contribution in [2.75, 3.05) is 57.8 Å². The van der Waals surface area contributed by atoms with Crippen LogP contribution in [0.5, 0.6) is 0 Å². The standard InChI is InChI=1S/C16H22ClN5O.HI/c1-20-7-6-18-16(20)19-12-15(23)22-10-8-21(9-11-22)14-4-2-13(17)3-5-14;/h2-5H,6-12H2,1H3,(H,18,19);1H. The van der Waals surface area contributed by atoms with Gasteiger partial charge in [-0.05, 0) is 24.3 Å². The van der Waals surface area contributed by atoms with Gasteiger partial charge < -0.3 is 20.0 Å². The summed E-state index contributed by atoms with van der Waals surface area (Å²) in [7, 11) is 1.98. The number of hydrogen-bond acceptors (Lipinski definition) is 5. The molecule has 1 amide bonds. The number of carbonyl (C=O) groups excluding carboxylic acids is 1. The predicted molar refractivity (Wildman–Crippen MR) is 109 cm³/mol. The Labute approximate surface area is 164 Å². The van der Waals surface area contributed by atoms with Gasteiger partial charge in [-0.3, -0.25) is 9.79 Å². The van der Waals surface area contributed by atoms with Gasteiger partial charge in [0.2, 0.25) is 5.91 Å². The number of rotatable bonds is 3. The number of nitrogens with zero attached hydrogens (tertiary/aromatic N) is 4. The van der Waals surface area contributed by atoms with E-state index in [1.54, 1.807) is 0 Å². The van der Waals surface area contributed by atoms with E-state index in [0.29, 0.717) is 6.54 Å². The van der Waals surface area contributed by atoms with Crippen LogP contribution in [0.2, 0.25) is 5.02 Å². The molecule has 1 N–H and O–H groups in total. The Kier molecular flexibility index (Phi) is 6.97. The Morgan fingerprint density at radius 2 is 1.83 bits per heavy atom. The molecule has 3 rings (SSSR count). The second-order valence-electron chi connectivity index (χ2n) is 5.82. The van der Waals surface area contributed by atoms with Crippen LogP contribution >= 0.6 is 35.6 Å². The van der Waals surface area contributed by atoms with Gasteiger partial charge in [0.15, 0.2) is 5.96 Å². The quantitative estimate of drug-likeness (QED) is 0.691. The first-order valence-electron chi connectivity index (χ1n) is 7.91. The Bertz CT molecular complexity index is 587. The molecule has 8 heteroatoms. The summed E-state index contributed by atoms with van der Waals surface area (Å²) in [6, 6.07) is 7.85. The molecule has 0 aromatic heterocycles. The molecule has 2 heterocycles. The van der Waals surface area contributed by atoms with Gasteiger partial charge in [-0.15, -0.1) is 24.0 Å². The second-order valence-corrected chi connectivity index (χ2v) is 6.26. The van der Waals surface area contributed by atoms with Gasteiger partial charge in [-0.2, -0.15) is 0 Å². The summed E-state index contributed by atoms with van der Waals surface area (Å²) in [5, 5.41) is 3.88. The first-order valence-corrected chi connectivity index (χ1v) is 8.29. The van der Waals surface area contributed by atoms with Crippen molar-refractivity contribution in [3.05, 3.63) is 29.3 Å². The Balaban J connectivity index is 0.00000208. The number of hydrogen-bond donors (Lipinski definition) is 1. The van der Waals surface area contributed by atoms with E-state index >= 15 is 0 Å². The minimum Gasteiger partial charge on any atom is -0.368 e. The predicted octanol–water partition coefficient (Wildman–Crippen LogP) is 1.50. The third kappa shape index (κ3) is 4.66. The highest BCUT2D eigenvalue weighted by atomic mass is 127. The molecule has 1 fully saturated rings. The zero-order chi connectivity index (χ0) is 16.2. The molecule has 2 aliphatic rings. The zero-order valence-electron chi connectivity index (χ0n) is 13.7.